The normalized spacial score (nSPS) is 14.6. The van der Waals surface area contributed by atoms with Crippen molar-refractivity contribution >= 4 is 13.3 Å². The van der Waals surface area contributed by atoms with Crippen molar-refractivity contribution in [1.82, 2.24) is 0 Å². The Morgan fingerprint density at radius 2 is 1.21 bits per heavy atom. The maximum Gasteiger partial charge on any atom is 0.0958 e. The minimum atomic E-state index is -1.64. The minimum absolute atomic E-state index is 1.21. The van der Waals surface area contributed by atoms with Crippen LogP contribution in [0.5, 0.6) is 0 Å². The summed E-state index contributed by atoms with van der Waals surface area (Å²) < 4.78 is 0. The Kier molecular flexibility index (Phi) is 10.5. The van der Waals surface area contributed by atoms with Gasteiger partial charge in [0.25, 0.3) is 0 Å². The Morgan fingerprint density at radius 3 is 1.72 bits per heavy atom. The lowest BCUT2D eigenvalue weighted by atomic mass is 10.0. The van der Waals surface area contributed by atoms with E-state index >= 15 is 0 Å². The summed E-state index contributed by atoms with van der Waals surface area (Å²) in [5.74, 6) is 0. The first kappa shape index (κ1) is 24.2. The lowest BCUT2D eigenvalue weighted by Gasteiger charge is -2.28. The van der Waals surface area contributed by atoms with Crippen LogP contribution in [0.1, 0.15) is 96.1 Å². The van der Waals surface area contributed by atoms with Gasteiger partial charge in [-0.15, -0.1) is 0 Å². The van der Waals surface area contributed by atoms with Crippen molar-refractivity contribution in [2.24, 2.45) is 0 Å². The molecule has 0 amide bonds. The Bertz CT molecular complexity index is 635. The van der Waals surface area contributed by atoms with Gasteiger partial charge in [-0.05, 0) is 43.2 Å². The minimum Gasteiger partial charge on any atom is -0.0757 e. The standard InChI is InChI=1S/C28H45Si/c1-6-9-11-13-16-25-20-26(17-14-12-10-7-2)23-28(22-25)29(4,5)27-19-18-24(21-27)15-8-3/h18-23H,6-17H2,1-5H3. The van der Waals surface area contributed by atoms with Gasteiger partial charge in [-0.2, -0.15) is 0 Å². The van der Waals surface area contributed by atoms with E-state index in [0.717, 1.165) is 0 Å². The molecule has 0 saturated heterocycles. The van der Waals surface area contributed by atoms with E-state index in [1.165, 1.54) is 82.6 Å². The molecule has 161 valence electrons. The third-order valence-electron chi connectivity index (χ3n) is 6.49. The molecule has 2 rings (SSSR count). The summed E-state index contributed by atoms with van der Waals surface area (Å²) in [5.41, 5.74) is 6.31. The fraction of sp³-hybridized carbons (Fsp3) is 0.607. The van der Waals surface area contributed by atoms with Crippen molar-refractivity contribution < 1.29 is 0 Å². The first-order valence-electron chi connectivity index (χ1n) is 12.4. The second kappa shape index (κ2) is 12.6. The maximum absolute atomic E-state index is 2.57. The van der Waals surface area contributed by atoms with Gasteiger partial charge in [-0.3, -0.25) is 0 Å². The topological polar surface area (TPSA) is 0 Å². The molecule has 1 aliphatic carbocycles. The van der Waals surface area contributed by atoms with Crippen LogP contribution in [0.3, 0.4) is 0 Å². The molecule has 0 atom stereocenters. The highest BCUT2D eigenvalue weighted by Crippen LogP contribution is 2.30. The van der Waals surface area contributed by atoms with Crippen molar-refractivity contribution in [2.75, 3.05) is 0 Å². The zero-order valence-electron chi connectivity index (χ0n) is 19.9. The summed E-state index contributed by atoms with van der Waals surface area (Å²) in [4.78, 5) is 0. The van der Waals surface area contributed by atoms with Gasteiger partial charge in [-0.1, -0.05) is 126 Å². The number of hydrogen-bond acceptors (Lipinski definition) is 0. The molecule has 0 saturated carbocycles. The molecule has 0 fully saturated rings. The fourth-order valence-corrected chi connectivity index (χ4v) is 6.89. The highest BCUT2D eigenvalue weighted by Gasteiger charge is 2.33. The van der Waals surface area contributed by atoms with Gasteiger partial charge in [0.1, 0.15) is 0 Å². The first-order valence-corrected chi connectivity index (χ1v) is 15.4. The van der Waals surface area contributed by atoms with Crippen LogP contribution in [0.2, 0.25) is 13.1 Å². The number of unbranched alkanes of at least 4 members (excludes halogenated alkanes) is 6. The molecule has 0 N–H and O–H groups in total. The Balaban J connectivity index is 2.19. The van der Waals surface area contributed by atoms with Gasteiger partial charge >= 0.3 is 0 Å². The lowest BCUT2D eigenvalue weighted by Crippen LogP contribution is -2.46. The molecule has 0 spiro atoms. The SMILES string of the molecule is CCCCCCc1cc(CCCCCC)cc([Si](C)(C)[C]2C=CC(CCC)=C2)c1. The number of allylic oxidation sites excluding steroid dienone is 4. The van der Waals surface area contributed by atoms with Crippen LogP contribution < -0.4 is 5.19 Å². The van der Waals surface area contributed by atoms with Gasteiger partial charge in [0, 0.05) is 5.54 Å². The van der Waals surface area contributed by atoms with Gasteiger partial charge in [-0.25, -0.2) is 0 Å². The Morgan fingerprint density at radius 1 is 0.621 bits per heavy atom. The van der Waals surface area contributed by atoms with Crippen LogP contribution in [-0.2, 0) is 12.8 Å². The molecule has 0 unspecified atom stereocenters. The molecule has 1 aromatic rings. The van der Waals surface area contributed by atoms with Crippen LogP contribution in [0, 0.1) is 5.54 Å². The van der Waals surface area contributed by atoms with Gasteiger partial charge in [0.15, 0.2) is 0 Å². The molecule has 0 aliphatic heterocycles. The molecule has 29 heavy (non-hydrogen) atoms. The van der Waals surface area contributed by atoms with E-state index in [1.54, 1.807) is 21.9 Å². The highest BCUT2D eigenvalue weighted by atomic mass is 28.3. The fourth-order valence-electron chi connectivity index (χ4n) is 4.42. The summed E-state index contributed by atoms with van der Waals surface area (Å²) in [6.45, 7) is 12.0. The van der Waals surface area contributed by atoms with E-state index in [2.05, 4.69) is 70.3 Å². The molecule has 0 aromatic heterocycles. The van der Waals surface area contributed by atoms with E-state index in [4.69, 9.17) is 0 Å². The number of hydrogen-bond donors (Lipinski definition) is 0. The molecule has 1 heteroatoms. The molecule has 0 nitrogen and oxygen atoms in total. The average molecular weight is 410 g/mol. The lowest BCUT2D eigenvalue weighted by molar-refractivity contribution is 0.661. The molecule has 0 bridgehead atoms. The Labute approximate surface area is 182 Å². The number of benzene rings is 1. The summed E-state index contributed by atoms with van der Waals surface area (Å²) in [7, 11) is -1.64. The van der Waals surface area contributed by atoms with Crippen LogP contribution >= 0.6 is 0 Å². The predicted molar refractivity (Wildman–Crippen MR) is 135 cm³/mol. The van der Waals surface area contributed by atoms with E-state index in [-0.39, 0.29) is 0 Å². The quantitative estimate of drug-likeness (QED) is 0.214. The van der Waals surface area contributed by atoms with Crippen molar-refractivity contribution in [3.8, 4) is 0 Å². The van der Waals surface area contributed by atoms with Crippen LogP contribution in [0.15, 0.2) is 42.0 Å². The molecule has 1 aromatic carbocycles. The zero-order chi connectivity index (χ0) is 21.1. The summed E-state index contributed by atoms with van der Waals surface area (Å²) in [5, 5.41) is 1.64. The summed E-state index contributed by atoms with van der Waals surface area (Å²) in [6.07, 6.45) is 23.1. The molecule has 0 heterocycles. The molecule has 1 aliphatic rings. The number of aryl methyl sites for hydroxylation is 2. The monoisotopic (exact) mass is 409 g/mol. The van der Waals surface area contributed by atoms with Crippen molar-refractivity contribution in [3.63, 3.8) is 0 Å². The van der Waals surface area contributed by atoms with Gasteiger partial charge in [0.05, 0.1) is 8.07 Å². The maximum atomic E-state index is 2.57. The first-order chi connectivity index (χ1) is 14.0. The predicted octanol–water partition coefficient (Wildman–Crippen LogP) is 8.26. The van der Waals surface area contributed by atoms with E-state index in [9.17, 15) is 0 Å². The second-order valence-corrected chi connectivity index (χ2v) is 13.9. The van der Waals surface area contributed by atoms with Crippen molar-refractivity contribution in [3.05, 3.63) is 58.7 Å². The number of rotatable bonds is 14. The van der Waals surface area contributed by atoms with Gasteiger partial charge < -0.3 is 0 Å². The van der Waals surface area contributed by atoms with Crippen LogP contribution in [0.25, 0.3) is 0 Å². The third-order valence-corrected chi connectivity index (χ3v) is 9.98. The van der Waals surface area contributed by atoms with Crippen molar-refractivity contribution in [1.29, 1.82) is 0 Å². The summed E-state index contributed by atoms with van der Waals surface area (Å²) in [6, 6.07) is 7.67. The summed E-state index contributed by atoms with van der Waals surface area (Å²) >= 11 is 0. The Hall–Kier alpha value is -1.08. The zero-order valence-corrected chi connectivity index (χ0v) is 20.9. The molecular formula is C28H45Si. The van der Waals surface area contributed by atoms with E-state index in [0.29, 0.717) is 0 Å². The highest BCUT2D eigenvalue weighted by molar-refractivity contribution is 6.95. The van der Waals surface area contributed by atoms with Gasteiger partial charge in [0.2, 0.25) is 0 Å². The van der Waals surface area contributed by atoms with Crippen LogP contribution in [0.4, 0.5) is 0 Å². The smallest absolute Gasteiger partial charge is 0.0757 e. The molecular weight excluding hydrogens is 364 g/mol. The average Bonchev–Trinajstić information content (AvgIpc) is 3.18. The van der Waals surface area contributed by atoms with Crippen molar-refractivity contribution in [2.45, 2.75) is 111 Å². The van der Waals surface area contributed by atoms with Crippen LogP contribution in [-0.4, -0.2) is 8.07 Å². The third kappa shape index (κ3) is 7.59. The van der Waals surface area contributed by atoms with E-state index < -0.39 is 8.07 Å². The molecule has 1 radical (unpaired) electrons. The second-order valence-electron chi connectivity index (χ2n) is 9.54. The largest absolute Gasteiger partial charge is 0.0958 e. The van der Waals surface area contributed by atoms with E-state index in [1.807, 2.05) is 0 Å².